The van der Waals surface area contributed by atoms with Crippen molar-refractivity contribution in [2.45, 2.75) is 45.1 Å². The van der Waals surface area contributed by atoms with Gasteiger partial charge in [0, 0.05) is 6.08 Å². The molecule has 0 bridgehead atoms. The van der Waals surface area contributed by atoms with Crippen LogP contribution < -0.4 is 0 Å². The Hall–Kier alpha value is -0.810. The van der Waals surface area contributed by atoms with Crippen molar-refractivity contribution < 1.29 is 5.11 Å². The van der Waals surface area contributed by atoms with Crippen molar-refractivity contribution in [2.24, 2.45) is 0 Å². The Bertz CT molecular complexity index is 158. The van der Waals surface area contributed by atoms with E-state index in [1.807, 2.05) is 6.07 Å². The van der Waals surface area contributed by atoms with Crippen LogP contribution in [0.4, 0.5) is 0 Å². The van der Waals surface area contributed by atoms with Crippen molar-refractivity contribution in [1.82, 2.24) is 0 Å². The first-order valence-corrected chi connectivity index (χ1v) is 4.55. The lowest BCUT2D eigenvalue weighted by Gasteiger charge is -2.03. The molecule has 68 valence electrons. The van der Waals surface area contributed by atoms with Crippen LogP contribution in [0.1, 0.15) is 39.0 Å². The van der Waals surface area contributed by atoms with E-state index in [9.17, 15) is 5.11 Å². The number of hydrogen-bond acceptors (Lipinski definition) is 2. The molecule has 0 saturated carbocycles. The normalized spacial score (nSPS) is 13.1. The molecule has 0 saturated heterocycles. The summed E-state index contributed by atoms with van der Waals surface area (Å²) >= 11 is 0. The van der Waals surface area contributed by atoms with E-state index < -0.39 is 6.10 Å². The summed E-state index contributed by atoms with van der Waals surface area (Å²) in [5.74, 6) is 0. The SMILES string of the molecule is CCCCCCC(O)/C=C/C#N. The summed E-state index contributed by atoms with van der Waals surface area (Å²) in [6.45, 7) is 2.16. The van der Waals surface area contributed by atoms with Gasteiger partial charge in [0.1, 0.15) is 0 Å². The Balaban J connectivity index is 3.26. The number of hydrogen-bond donors (Lipinski definition) is 1. The zero-order valence-electron chi connectivity index (χ0n) is 7.66. The minimum Gasteiger partial charge on any atom is -0.389 e. The van der Waals surface area contributed by atoms with Gasteiger partial charge in [-0.1, -0.05) is 32.6 Å². The zero-order valence-corrected chi connectivity index (χ0v) is 7.66. The molecule has 0 aliphatic carbocycles. The van der Waals surface area contributed by atoms with Crippen LogP contribution >= 0.6 is 0 Å². The number of aliphatic hydroxyl groups excluding tert-OH is 1. The van der Waals surface area contributed by atoms with E-state index in [4.69, 9.17) is 5.26 Å². The average Bonchev–Trinajstić information content (AvgIpc) is 2.09. The van der Waals surface area contributed by atoms with Gasteiger partial charge in [0.15, 0.2) is 0 Å². The second kappa shape index (κ2) is 8.29. The molecular formula is C10H17NO. The Labute approximate surface area is 74.5 Å². The quantitative estimate of drug-likeness (QED) is 0.487. The molecule has 0 amide bonds. The van der Waals surface area contributed by atoms with E-state index >= 15 is 0 Å². The van der Waals surface area contributed by atoms with Gasteiger partial charge >= 0.3 is 0 Å². The Morgan fingerprint density at radius 1 is 1.42 bits per heavy atom. The van der Waals surface area contributed by atoms with E-state index in [2.05, 4.69) is 6.92 Å². The van der Waals surface area contributed by atoms with Gasteiger partial charge in [0.2, 0.25) is 0 Å². The fourth-order valence-corrected chi connectivity index (χ4v) is 1.03. The van der Waals surface area contributed by atoms with Gasteiger partial charge in [0.05, 0.1) is 12.2 Å². The van der Waals surface area contributed by atoms with Gasteiger partial charge in [-0.05, 0) is 12.5 Å². The van der Waals surface area contributed by atoms with Crippen molar-refractivity contribution in [1.29, 1.82) is 5.26 Å². The van der Waals surface area contributed by atoms with Gasteiger partial charge < -0.3 is 5.11 Å². The van der Waals surface area contributed by atoms with Crippen LogP contribution in [0.15, 0.2) is 12.2 Å². The lowest BCUT2D eigenvalue weighted by Crippen LogP contribution is -2.00. The summed E-state index contributed by atoms with van der Waals surface area (Å²) in [5, 5.41) is 17.4. The standard InChI is InChI=1S/C10H17NO/c1-2-3-4-5-7-10(12)8-6-9-11/h6,8,10,12H,2-5,7H2,1H3/b8-6+. The Morgan fingerprint density at radius 2 is 2.17 bits per heavy atom. The highest BCUT2D eigenvalue weighted by molar-refractivity contribution is 5.04. The molecule has 0 spiro atoms. The summed E-state index contributed by atoms with van der Waals surface area (Å²) in [6, 6.07) is 1.86. The molecule has 1 N–H and O–H groups in total. The molecule has 0 aliphatic rings. The number of aliphatic hydroxyl groups is 1. The minimum absolute atomic E-state index is 0.429. The highest BCUT2D eigenvalue weighted by Gasteiger charge is 1.97. The van der Waals surface area contributed by atoms with E-state index in [1.54, 1.807) is 6.08 Å². The number of unbranched alkanes of at least 4 members (excludes halogenated alkanes) is 3. The molecule has 0 aromatic rings. The maximum absolute atomic E-state index is 9.24. The lowest BCUT2D eigenvalue weighted by atomic mass is 10.1. The van der Waals surface area contributed by atoms with Crippen LogP contribution in [0.2, 0.25) is 0 Å². The predicted molar refractivity (Wildman–Crippen MR) is 49.5 cm³/mol. The third-order valence-corrected chi connectivity index (χ3v) is 1.75. The molecule has 0 aromatic heterocycles. The number of allylic oxidation sites excluding steroid dienone is 1. The van der Waals surface area contributed by atoms with Crippen molar-refractivity contribution >= 4 is 0 Å². The Morgan fingerprint density at radius 3 is 2.75 bits per heavy atom. The molecule has 0 heterocycles. The molecule has 0 fully saturated rings. The molecule has 2 heteroatoms. The van der Waals surface area contributed by atoms with E-state index in [0.29, 0.717) is 0 Å². The number of rotatable bonds is 6. The lowest BCUT2D eigenvalue weighted by molar-refractivity contribution is 0.208. The highest BCUT2D eigenvalue weighted by atomic mass is 16.3. The van der Waals surface area contributed by atoms with Crippen molar-refractivity contribution in [3.63, 3.8) is 0 Å². The maximum atomic E-state index is 9.24. The fourth-order valence-electron chi connectivity index (χ4n) is 1.03. The highest BCUT2D eigenvalue weighted by Crippen LogP contribution is 2.05. The van der Waals surface area contributed by atoms with Crippen LogP contribution in [0.25, 0.3) is 0 Å². The van der Waals surface area contributed by atoms with Gasteiger partial charge in [-0.2, -0.15) is 5.26 Å². The third kappa shape index (κ3) is 7.30. The summed E-state index contributed by atoms with van der Waals surface area (Å²) in [7, 11) is 0. The van der Waals surface area contributed by atoms with Gasteiger partial charge in [-0.15, -0.1) is 0 Å². The van der Waals surface area contributed by atoms with E-state index in [0.717, 1.165) is 12.8 Å². The van der Waals surface area contributed by atoms with Gasteiger partial charge in [0.25, 0.3) is 0 Å². The zero-order chi connectivity index (χ0) is 9.23. The van der Waals surface area contributed by atoms with Crippen LogP contribution in [-0.2, 0) is 0 Å². The summed E-state index contributed by atoms with van der Waals surface area (Å²) < 4.78 is 0. The smallest absolute Gasteiger partial charge is 0.0909 e. The van der Waals surface area contributed by atoms with Crippen LogP contribution in [0, 0.1) is 11.3 Å². The van der Waals surface area contributed by atoms with Crippen LogP contribution in [0.3, 0.4) is 0 Å². The van der Waals surface area contributed by atoms with Gasteiger partial charge in [-0.25, -0.2) is 0 Å². The number of nitrogens with zero attached hydrogens (tertiary/aromatic N) is 1. The Kier molecular flexibility index (Phi) is 7.73. The number of nitriles is 1. The first kappa shape index (κ1) is 11.2. The van der Waals surface area contributed by atoms with E-state index in [-0.39, 0.29) is 0 Å². The van der Waals surface area contributed by atoms with Crippen molar-refractivity contribution in [3.8, 4) is 6.07 Å². The molecule has 0 rings (SSSR count). The summed E-state index contributed by atoms with van der Waals surface area (Å²) in [5.41, 5.74) is 0. The topological polar surface area (TPSA) is 44.0 Å². The molecule has 0 aromatic carbocycles. The van der Waals surface area contributed by atoms with Crippen molar-refractivity contribution in [3.05, 3.63) is 12.2 Å². The van der Waals surface area contributed by atoms with Crippen molar-refractivity contribution in [2.75, 3.05) is 0 Å². The van der Waals surface area contributed by atoms with Crippen LogP contribution in [0.5, 0.6) is 0 Å². The molecule has 0 radical (unpaired) electrons. The summed E-state index contributed by atoms with van der Waals surface area (Å²) in [6.07, 6.45) is 7.90. The third-order valence-electron chi connectivity index (χ3n) is 1.75. The molecular weight excluding hydrogens is 150 g/mol. The second-order valence-electron chi connectivity index (χ2n) is 2.90. The average molecular weight is 167 g/mol. The monoisotopic (exact) mass is 167 g/mol. The minimum atomic E-state index is -0.429. The molecule has 0 aliphatic heterocycles. The summed E-state index contributed by atoms with van der Waals surface area (Å²) in [4.78, 5) is 0. The maximum Gasteiger partial charge on any atom is 0.0909 e. The second-order valence-corrected chi connectivity index (χ2v) is 2.90. The largest absolute Gasteiger partial charge is 0.389 e. The molecule has 2 nitrogen and oxygen atoms in total. The van der Waals surface area contributed by atoms with Crippen LogP contribution in [-0.4, -0.2) is 11.2 Å². The molecule has 1 unspecified atom stereocenters. The first-order valence-electron chi connectivity index (χ1n) is 4.55. The molecule has 12 heavy (non-hydrogen) atoms. The molecule has 1 atom stereocenters. The van der Waals surface area contributed by atoms with E-state index in [1.165, 1.54) is 25.3 Å². The first-order chi connectivity index (χ1) is 5.81. The fraction of sp³-hybridized carbons (Fsp3) is 0.700. The predicted octanol–water partition coefficient (Wildman–Crippen LogP) is 2.40. The van der Waals surface area contributed by atoms with Gasteiger partial charge in [-0.3, -0.25) is 0 Å².